The number of esters is 1. The third kappa shape index (κ3) is 5.38. The van der Waals surface area contributed by atoms with Crippen LogP contribution in [0.15, 0.2) is 11.6 Å². The predicted octanol–water partition coefficient (Wildman–Crippen LogP) is 4.25. The Kier molecular flexibility index (Phi) is 6.99. The normalized spacial score (nSPS) is 17.4. The van der Waals surface area contributed by atoms with Gasteiger partial charge in [-0.05, 0) is 38.0 Å². The molecule has 0 spiro atoms. The van der Waals surface area contributed by atoms with E-state index < -0.39 is 0 Å². The number of unbranched alkanes of at least 4 members (excludes halogenated alkanes) is 1. The first kappa shape index (κ1) is 14.3. The summed E-state index contributed by atoms with van der Waals surface area (Å²) in [7, 11) is 0. The molecule has 1 rings (SSSR count). The molecule has 0 aromatic rings. The fourth-order valence-electron chi connectivity index (χ4n) is 2.21. The van der Waals surface area contributed by atoms with E-state index in [0.29, 0.717) is 12.5 Å². The van der Waals surface area contributed by atoms with Crippen LogP contribution in [0.2, 0.25) is 0 Å². The fraction of sp³-hybridized carbons (Fsp3) is 0.800. The molecule has 2 nitrogen and oxygen atoms in total. The van der Waals surface area contributed by atoms with Crippen LogP contribution in [0.4, 0.5) is 0 Å². The van der Waals surface area contributed by atoms with Crippen molar-refractivity contribution in [2.45, 2.75) is 65.2 Å². The van der Waals surface area contributed by atoms with Gasteiger partial charge in [-0.15, -0.1) is 0 Å². The van der Waals surface area contributed by atoms with Crippen molar-refractivity contribution in [2.24, 2.45) is 5.92 Å². The Bertz CT molecular complexity index is 256. The second-order valence-electron chi connectivity index (χ2n) is 4.99. The van der Waals surface area contributed by atoms with Crippen LogP contribution in [0.1, 0.15) is 65.2 Å². The molecular weight excluding hydrogens is 212 g/mol. The first-order valence-corrected chi connectivity index (χ1v) is 7.14. The van der Waals surface area contributed by atoms with Crippen molar-refractivity contribution in [1.29, 1.82) is 0 Å². The summed E-state index contributed by atoms with van der Waals surface area (Å²) in [6, 6.07) is 0. The predicted molar refractivity (Wildman–Crippen MR) is 70.8 cm³/mol. The molecule has 0 fully saturated rings. The van der Waals surface area contributed by atoms with Gasteiger partial charge in [0, 0.05) is 5.57 Å². The molecule has 0 amide bonds. The zero-order chi connectivity index (χ0) is 12.5. The topological polar surface area (TPSA) is 26.3 Å². The first-order valence-electron chi connectivity index (χ1n) is 7.14. The Morgan fingerprint density at radius 2 is 2.24 bits per heavy atom. The van der Waals surface area contributed by atoms with E-state index in [9.17, 15) is 4.79 Å². The van der Waals surface area contributed by atoms with Gasteiger partial charge in [0.15, 0.2) is 0 Å². The van der Waals surface area contributed by atoms with Crippen LogP contribution in [0.3, 0.4) is 0 Å². The lowest BCUT2D eigenvalue weighted by atomic mass is 9.99. The number of carbonyl (C=O) groups is 1. The second-order valence-corrected chi connectivity index (χ2v) is 4.99. The summed E-state index contributed by atoms with van der Waals surface area (Å²) >= 11 is 0. The van der Waals surface area contributed by atoms with Crippen molar-refractivity contribution in [2.75, 3.05) is 6.61 Å². The van der Waals surface area contributed by atoms with Crippen LogP contribution in [0.25, 0.3) is 0 Å². The van der Waals surface area contributed by atoms with Crippen molar-refractivity contribution < 1.29 is 9.53 Å². The van der Waals surface area contributed by atoms with Gasteiger partial charge in [-0.2, -0.15) is 0 Å². The summed E-state index contributed by atoms with van der Waals surface area (Å²) in [5, 5.41) is 0. The maximum atomic E-state index is 11.8. The van der Waals surface area contributed by atoms with Crippen LogP contribution in [-0.4, -0.2) is 12.6 Å². The van der Waals surface area contributed by atoms with Gasteiger partial charge in [0.05, 0.1) is 6.61 Å². The minimum absolute atomic E-state index is 0.0698. The Labute approximate surface area is 105 Å². The van der Waals surface area contributed by atoms with E-state index in [1.807, 2.05) is 0 Å². The molecule has 1 unspecified atom stereocenters. The Morgan fingerprint density at radius 1 is 1.41 bits per heavy atom. The van der Waals surface area contributed by atoms with Crippen LogP contribution >= 0.6 is 0 Å². The van der Waals surface area contributed by atoms with Crippen LogP contribution in [0, 0.1) is 5.92 Å². The maximum Gasteiger partial charge on any atom is 0.333 e. The number of rotatable bonds is 7. The number of carbonyl (C=O) groups excluding carboxylic acids is 1. The third-order valence-corrected chi connectivity index (χ3v) is 3.55. The van der Waals surface area contributed by atoms with Crippen LogP contribution < -0.4 is 0 Å². The average molecular weight is 238 g/mol. The Morgan fingerprint density at radius 3 is 2.82 bits per heavy atom. The highest BCUT2D eigenvalue weighted by Crippen LogP contribution is 2.19. The van der Waals surface area contributed by atoms with Crippen molar-refractivity contribution in [3.8, 4) is 0 Å². The first-order chi connectivity index (χ1) is 8.27. The average Bonchev–Trinajstić information content (AvgIpc) is 2.39. The fourth-order valence-corrected chi connectivity index (χ4v) is 2.21. The van der Waals surface area contributed by atoms with E-state index in [4.69, 9.17) is 4.74 Å². The third-order valence-electron chi connectivity index (χ3n) is 3.55. The van der Waals surface area contributed by atoms with Gasteiger partial charge >= 0.3 is 5.97 Å². The Hall–Kier alpha value is -0.790. The molecule has 0 aliphatic heterocycles. The van der Waals surface area contributed by atoms with Gasteiger partial charge < -0.3 is 4.74 Å². The minimum Gasteiger partial charge on any atom is -0.462 e. The quantitative estimate of drug-likeness (QED) is 0.620. The molecule has 1 atom stereocenters. The van der Waals surface area contributed by atoms with Gasteiger partial charge in [-0.3, -0.25) is 0 Å². The highest BCUT2D eigenvalue weighted by Gasteiger charge is 2.15. The molecule has 0 aromatic heterocycles. The van der Waals surface area contributed by atoms with E-state index >= 15 is 0 Å². The summed E-state index contributed by atoms with van der Waals surface area (Å²) in [5.41, 5.74) is 0.904. The zero-order valence-electron chi connectivity index (χ0n) is 11.3. The van der Waals surface area contributed by atoms with E-state index in [2.05, 4.69) is 19.9 Å². The summed E-state index contributed by atoms with van der Waals surface area (Å²) in [4.78, 5) is 11.8. The summed E-state index contributed by atoms with van der Waals surface area (Å²) in [6.45, 7) is 4.98. The smallest absolute Gasteiger partial charge is 0.333 e. The van der Waals surface area contributed by atoms with Gasteiger partial charge in [0.25, 0.3) is 0 Å². The standard InChI is InChI=1S/C15H26O2/c1-3-5-9-13(4-2)12-17-15(16)14-10-7-6-8-11-14/h10,13H,3-9,11-12H2,1-2H3. The summed E-state index contributed by atoms with van der Waals surface area (Å²) in [5.74, 6) is 0.475. The molecule has 0 bridgehead atoms. The van der Waals surface area contributed by atoms with E-state index in [0.717, 1.165) is 31.3 Å². The Balaban J connectivity index is 2.27. The number of ether oxygens (including phenoxy) is 1. The van der Waals surface area contributed by atoms with Crippen LogP contribution in [0.5, 0.6) is 0 Å². The van der Waals surface area contributed by atoms with Gasteiger partial charge in [-0.25, -0.2) is 4.79 Å². The summed E-state index contributed by atoms with van der Waals surface area (Å²) in [6.07, 6.45) is 11.1. The molecule has 0 saturated carbocycles. The largest absolute Gasteiger partial charge is 0.462 e. The monoisotopic (exact) mass is 238 g/mol. The van der Waals surface area contributed by atoms with Gasteiger partial charge in [0.1, 0.15) is 0 Å². The molecule has 0 radical (unpaired) electrons. The number of hydrogen-bond acceptors (Lipinski definition) is 2. The highest BCUT2D eigenvalue weighted by molar-refractivity contribution is 5.88. The van der Waals surface area contributed by atoms with E-state index in [1.165, 1.54) is 25.7 Å². The number of hydrogen-bond donors (Lipinski definition) is 0. The zero-order valence-corrected chi connectivity index (χ0v) is 11.3. The minimum atomic E-state index is -0.0698. The summed E-state index contributed by atoms with van der Waals surface area (Å²) < 4.78 is 5.42. The molecule has 1 aliphatic carbocycles. The SMILES string of the molecule is CCCCC(CC)COC(=O)C1=CCCCC1. The van der Waals surface area contributed by atoms with Gasteiger partial charge in [-0.1, -0.05) is 39.2 Å². The molecule has 0 N–H and O–H groups in total. The number of allylic oxidation sites excluding steroid dienone is 1. The molecule has 0 aromatic carbocycles. The van der Waals surface area contributed by atoms with E-state index in [-0.39, 0.29) is 5.97 Å². The van der Waals surface area contributed by atoms with Crippen molar-refractivity contribution in [3.63, 3.8) is 0 Å². The van der Waals surface area contributed by atoms with Crippen molar-refractivity contribution in [1.82, 2.24) is 0 Å². The van der Waals surface area contributed by atoms with Crippen LogP contribution in [-0.2, 0) is 9.53 Å². The lowest BCUT2D eigenvalue weighted by Crippen LogP contribution is -2.16. The van der Waals surface area contributed by atoms with Crippen molar-refractivity contribution >= 4 is 5.97 Å². The molecule has 0 saturated heterocycles. The second kappa shape index (κ2) is 8.32. The van der Waals surface area contributed by atoms with E-state index in [1.54, 1.807) is 0 Å². The molecule has 98 valence electrons. The lowest BCUT2D eigenvalue weighted by Gasteiger charge is -2.16. The molecule has 0 heterocycles. The molecule has 17 heavy (non-hydrogen) atoms. The van der Waals surface area contributed by atoms with Crippen molar-refractivity contribution in [3.05, 3.63) is 11.6 Å². The van der Waals surface area contributed by atoms with Gasteiger partial charge in [0.2, 0.25) is 0 Å². The maximum absolute atomic E-state index is 11.8. The molecule has 2 heteroatoms. The molecule has 1 aliphatic rings. The lowest BCUT2D eigenvalue weighted by molar-refractivity contribution is -0.140. The highest BCUT2D eigenvalue weighted by atomic mass is 16.5. The molecular formula is C15H26O2.